The van der Waals surface area contributed by atoms with Crippen molar-refractivity contribution in [2.45, 2.75) is 13.5 Å². The first-order valence-corrected chi connectivity index (χ1v) is 9.10. The smallest absolute Gasteiger partial charge is 0.244 e. The van der Waals surface area contributed by atoms with Crippen molar-refractivity contribution in [2.75, 3.05) is 12.4 Å². The van der Waals surface area contributed by atoms with Crippen molar-refractivity contribution in [2.24, 2.45) is 0 Å². The van der Waals surface area contributed by atoms with Crippen molar-refractivity contribution in [3.05, 3.63) is 78.4 Å². The van der Waals surface area contributed by atoms with Crippen molar-refractivity contribution in [1.82, 2.24) is 9.55 Å². The molecule has 0 unspecified atom stereocenters. The Bertz CT molecular complexity index is 1150. The van der Waals surface area contributed by atoms with Gasteiger partial charge in [-0.25, -0.2) is 4.98 Å². The first kappa shape index (κ1) is 17.8. The molecule has 0 spiro atoms. The lowest BCUT2D eigenvalue weighted by Gasteiger charge is -2.11. The van der Waals surface area contributed by atoms with Crippen LogP contribution in [0.4, 0.5) is 5.69 Å². The van der Waals surface area contributed by atoms with E-state index in [2.05, 4.69) is 5.32 Å². The zero-order valence-corrected chi connectivity index (χ0v) is 15.8. The van der Waals surface area contributed by atoms with E-state index < -0.39 is 0 Å². The third-order valence-electron chi connectivity index (χ3n) is 4.59. The Hall–Kier alpha value is -3.60. The molecule has 0 radical (unpaired) electrons. The molecule has 5 heteroatoms. The number of para-hydroxylation sites is 2. The maximum Gasteiger partial charge on any atom is 0.244 e. The molecule has 0 saturated heterocycles. The summed E-state index contributed by atoms with van der Waals surface area (Å²) in [6.45, 7) is 2.17. The third kappa shape index (κ3) is 3.60. The second kappa shape index (κ2) is 7.56. The van der Waals surface area contributed by atoms with E-state index in [1.807, 2.05) is 84.3 Å². The van der Waals surface area contributed by atoms with Gasteiger partial charge in [-0.15, -0.1) is 0 Å². The predicted molar refractivity (Wildman–Crippen MR) is 112 cm³/mol. The quantitative estimate of drug-likeness (QED) is 0.555. The second-order valence-electron chi connectivity index (χ2n) is 6.66. The highest BCUT2D eigenvalue weighted by Crippen LogP contribution is 2.27. The highest BCUT2D eigenvalue weighted by Gasteiger charge is 2.15. The first-order valence-electron chi connectivity index (χ1n) is 9.10. The highest BCUT2D eigenvalue weighted by molar-refractivity contribution is 5.92. The lowest BCUT2D eigenvalue weighted by atomic mass is 10.2. The topological polar surface area (TPSA) is 56.2 Å². The summed E-state index contributed by atoms with van der Waals surface area (Å²) in [5.74, 6) is 1.39. The molecule has 0 aliphatic rings. The molecular formula is C23H21N3O2. The summed E-state index contributed by atoms with van der Waals surface area (Å²) < 4.78 is 7.28. The van der Waals surface area contributed by atoms with Crippen molar-refractivity contribution >= 4 is 22.6 Å². The third-order valence-corrected chi connectivity index (χ3v) is 4.59. The molecule has 0 bridgehead atoms. The van der Waals surface area contributed by atoms with Gasteiger partial charge in [-0.05, 0) is 48.9 Å². The number of rotatable bonds is 5. The molecule has 0 aliphatic heterocycles. The van der Waals surface area contributed by atoms with Crippen LogP contribution in [0.2, 0.25) is 0 Å². The van der Waals surface area contributed by atoms with Crippen LogP contribution < -0.4 is 10.1 Å². The molecule has 28 heavy (non-hydrogen) atoms. The first-order chi connectivity index (χ1) is 13.6. The van der Waals surface area contributed by atoms with E-state index in [0.717, 1.165) is 39.4 Å². The van der Waals surface area contributed by atoms with E-state index in [-0.39, 0.29) is 12.5 Å². The summed E-state index contributed by atoms with van der Waals surface area (Å²) in [4.78, 5) is 17.5. The van der Waals surface area contributed by atoms with Crippen molar-refractivity contribution in [3.63, 3.8) is 0 Å². The number of methoxy groups -OCH3 is 1. The fraction of sp³-hybridized carbons (Fsp3) is 0.130. The van der Waals surface area contributed by atoms with Crippen LogP contribution in [-0.2, 0) is 11.3 Å². The summed E-state index contributed by atoms with van der Waals surface area (Å²) in [6, 6.07) is 23.3. The van der Waals surface area contributed by atoms with Gasteiger partial charge in [0.2, 0.25) is 5.91 Å². The van der Waals surface area contributed by atoms with Gasteiger partial charge in [0.15, 0.2) is 0 Å². The number of hydrogen-bond acceptors (Lipinski definition) is 3. The molecule has 1 aromatic heterocycles. The van der Waals surface area contributed by atoms with Crippen molar-refractivity contribution < 1.29 is 9.53 Å². The highest BCUT2D eigenvalue weighted by atomic mass is 16.5. The summed E-state index contributed by atoms with van der Waals surface area (Å²) in [5, 5.41) is 2.97. The average molecular weight is 371 g/mol. The van der Waals surface area contributed by atoms with Crippen molar-refractivity contribution in [1.29, 1.82) is 0 Å². The summed E-state index contributed by atoms with van der Waals surface area (Å²) >= 11 is 0. The van der Waals surface area contributed by atoms with E-state index >= 15 is 0 Å². The van der Waals surface area contributed by atoms with E-state index in [0.29, 0.717) is 0 Å². The minimum atomic E-state index is -0.0992. The van der Waals surface area contributed by atoms with Crippen LogP contribution in [0.3, 0.4) is 0 Å². The number of carbonyl (C=O) groups is 1. The second-order valence-corrected chi connectivity index (χ2v) is 6.66. The van der Waals surface area contributed by atoms with E-state index in [9.17, 15) is 4.79 Å². The van der Waals surface area contributed by atoms with Crippen LogP contribution in [0.1, 0.15) is 5.56 Å². The van der Waals surface area contributed by atoms with E-state index in [1.54, 1.807) is 7.11 Å². The molecule has 0 fully saturated rings. The van der Waals surface area contributed by atoms with Gasteiger partial charge in [-0.3, -0.25) is 4.79 Å². The Morgan fingerprint density at radius 3 is 2.68 bits per heavy atom. The summed E-state index contributed by atoms with van der Waals surface area (Å²) in [7, 11) is 1.64. The Kier molecular flexibility index (Phi) is 4.81. The molecule has 0 aliphatic carbocycles. The summed E-state index contributed by atoms with van der Waals surface area (Å²) in [6.07, 6.45) is 0. The Morgan fingerprint density at radius 1 is 1.04 bits per heavy atom. The van der Waals surface area contributed by atoms with Crippen molar-refractivity contribution in [3.8, 4) is 17.1 Å². The van der Waals surface area contributed by atoms with E-state index in [4.69, 9.17) is 9.72 Å². The Balaban J connectivity index is 1.71. The van der Waals surface area contributed by atoms with Gasteiger partial charge in [0.05, 0.1) is 18.1 Å². The molecule has 1 N–H and O–H groups in total. The normalized spacial score (nSPS) is 10.8. The van der Waals surface area contributed by atoms with E-state index in [1.165, 1.54) is 0 Å². The number of imidazole rings is 1. The van der Waals surface area contributed by atoms with Gasteiger partial charge in [0.1, 0.15) is 18.1 Å². The number of nitrogens with zero attached hydrogens (tertiary/aromatic N) is 2. The minimum Gasteiger partial charge on any atom is -0.497 e. The van der Waals surface area contributed by atoms with Gasteiger partial charge < -0.3 is 14.6 Å². The lowest BCUT2D eigenvalue weighted by molar-refractivity contribution is -0.116. The van der Waals surface area contributed by atoms with Crippen LogP contribution in [0.25, 0.3) is 22.4 Å². The maximum absolute atomic E-state index is 12.8. The number of ether oxygens (including phenoxy) is 1. The number of benzene rings is 3. The number of amides is 1. The fourth-order valence-corrected chi connectivity index (χ4v) is 3.29. The number of nitrogens with one attached hydrogen (secondary N) is 1. The number of carbonyl (C=O) groups excluding carboxylic acids is 1. The Labute approximate surface area is 163 Å². The number of hydrogen-bond donors (Lipinski definition) is 1. The molecular weight excluding hydrogens is 350 g/mol. The molecule has 3 aromatic carbocycles. The van der Waals surface area contributed by atoms with Crippen LogP contribution >= 0.6 is 0 Å². The van der Waals surface area contributed by atoms with Crippen LogP contribution in [0, 0.1) is 6.92 Å². The molecule has 4 rings (SSSR count). The zero-order valence-electron chi connectivity index (χ0n) is 15.8. The largest absolute Gasteiger partial charge is 0.497 e. The molecule has 1 amide bonds. The maximum atomic E-state index is 12.8. The average Bonchev–Trinajstić information content (AvgIpc) is 3.06. The monoisotopic (exact) mass is 371 g/mol. The van der Waals surface area contributed by atoms with Gasteiger partial charge in [0.25, 0.3) is 0 Å². The standard InChI is InChI=1S/C23H21N3O2/c1-16-7-5-9-18(13-16)24-22(27)15-26-21-12-4-3-11-20(21)25-23(26)17-8-6-10-19(14-17)28-2/h3-14H,15H2,1-2H3,(H,24,27). The predicted octanol–water partition coefficient (Wildman–Crippen LogP) is 4.66. The molecule has 1 heterocycles. The van der Waals surface area contributed by atoms with Crippen LogP contribution in [0.5, 0.6) is 5.75 Å². The van der Waals surface area contributed by atoms with Gasteiger partial charge in [-0.1, -0.05) is 36.4 Å². The number of anilines is 1. The van der Waals surface area contributed by atoms with Gasteiger partial charge in [-0.2, -0.15) is 0 Å². The number of fused-ring (bicyclic) bond motifs is 1. The molecule has 0 atom stereocenters. The summed E-state index contributed by atoms with van der Waals surface area (Å²) in [5.41, 5.74) is 4.56. The minimum absolute atomic E-state index is 0.0992. The van der Waals surface area contributed by atoms with Gasteiger partial charge in [0, 0.05) is 11.3 Å². The molecule has 5 nitrogen and oxygen atoms in total. The van der Waals surface area contributed by atoms with Crippen LogP contribution in [-0.4, -0.2) is 22.6 Å². The fourth-order valence-electron chi connectivity index (χ4n) is 3.29. The lowest BCUT2D eigenvalue weighted by Crippen LogP contribution is -2.19. The Morgan fingerprint density at radius 2 is 1.86 bits per heavy atom. The number of aromatic nitrogens is 2. The molecule has 0 saturated carbocycles. The zero-order chi connectivity index (χ0) is 19.5. The SMILES string of the molecule is COc1cccc(-c2nc3ccccc3n2CC(=O)Nc2cccc(C)c2)c1. The molecule has 140 valence electrons. The number of aryl methyl sites for hydroxylation is 1. The van der Waals surface area contributed by atoms with Crippen LogP contribution in [0.15, 0.2) is 72.8 Å². The van der Waals surface area contributed by atoms with Gasteiger partial charge >= 0.3 is 0 Å². The molecule has 4 aromatic rings.